The number of hydrogen-bond acceptors (Lipinski definition) is 6. The number of carbonyl (C=O) groups excluding carboxylic acids is 1. The number of rotatable bonds is 7. The molecule has 1 aliphatic carbocycles. The third-order valence-corrected chi connectivity index (χ3v) is 8.74. The smallest absolute Gasteiger partial charge is 0.256 e. The van der Waals surface area contributed by atoms with Crippen LogP contribution < -0.4 is 9.80 Å². The molecule has 3 heterocycles. The van der Waals surface area contributed by atoms with Gasteiger partial charge in [-0.05, 0) is 70.6 Å². The van der Waals surface area contributed by atoms with Crippen LogP contribution in [-0.2, 0) is 0 Å². The number of piperidine rings is 1. The third kappa shape index (κ3) is 5.65. The molecule has 2 fully saturated rings. The number of benzene rings is 1. The summed E-state index contributed by atoms with van der Waals surface area (Å²) in [5.41, 5.74) is 1.99. The van der Waals surface area contributed by atoms with Gasteiger partial charge in [-0.15, -0.1) is 0 Å². The zero-order valence-electron chi connectivity index (χ0n) is 23.3. The van der Waals surface area contributed by atoms with Crippen molar-refractivity contribution in [3.63, 3.8) is 0 Å². The van der Waals surface area contributed by atoms with Gasteiger partial charge in [0.05, 0.1) is 17.4 Å². The van der Waals surface area contributed by atoms with E-state index in [1.165, 1.54) is 50.8 Å². The first kappa shape index (κ1) is 26.9. The number of carbonyl (C=O) groups is 1. The highest BCUT2D eigenvalue weighted by Crippen LogP contribution is 2.39. The van der Waals surface area contributed by atoms with E-state index in [-0.39, 0.29) is 11.9 Å². The average Bonchev–Trinajstić information content (AvgIpc) is 2.94. The number of aromatic nitrogens is 2. The predicted molar refractivity (Wildman–Crippen MR) is 151 cm³/mol. The zero-order chi connectivity index (χ0) is 26.6. The van der Waals surface area contributed by atoms with Gasteiger partial charge in [-0.3, -0.25) is 4.79 Å². The Morgan fingerprint density at radius 2 is 1.82 bits per heavy atom. The maximum Gasteiger partial charge on any atom is 0.256 e. The van der Waals surface area contributed by atoms with Crippen LogP contribution in [0.4, 0.5) is 21.6 Å². The molecule has 1 saturated heterocycles. The molecule has 2 aliphatic heterocycles. The topological polar surface area (TPSA) is 55.8 Å². The van der Waals surface area contributed by atoms with Gasteiger partial charge in [-0.2, -0.15) is 0 Å². The van der Waals surface area contributed by atoms with Crippen LogP contribution in [0, 0.1) is 11.7 Å². The van der Waals surface area contributed by atoms with Gasteiger partial charge < -0.3 is 19.6 Å². The van der Waals surface area contributed by atoms with Gasteiger partial charge in [0.15, 0.2) is 5.82 Å². The Morgan fingerprint density at radius 1 is 1.05 bits per heavy atom. The van der Waals surface area contributed by atoms with E-state index in [0.29, 0.717) is 30.4 Å². The van der Waals surface area contributed by atoms with Crippen LogP contribution in [0.25, 0.3) is 0 Å². The standard InChI is InChI=1S/C30H43FN6O/c1-4-35(22(2)3)30(38)26-18-24(31)10-11-27(26)37-17-16-36(29-28(37)19-32-21-33-29)25-12-14-34(15-13-25)20-23-8-6-5-7-9-23/h10-11,18-19,21-23,25H,4-9,12-17,20H2,1-3H3. The van der Waals surface area contributed by atoms with Crippen LogP contribution in [0.2, 0.25) is 0 Å². The van der Waals surface area contributed by atoms with Gasteiger partial charge in [0.1, 0.15) is 17.8 Å². The number of likely N-dealkylation sites (tertiary alicyclic amines) is 1. The highest BCUT2D eigenvalue weighted by Gasteiger charge is 2.34. The maximum absolute atomic E-state index is 14.4. The Labute approximate surface area is 227 Å². The van der Waals surface area contributed by atoms with Crippen molar-refractivity contribution < 1.29 is 9.18 Å². The summed E-state index contributed by atoms with van der Waals surface area (Å²) < 4.78 is 14.4. The van der Waals surface area contributed by atoms with Crippen molar-refractivity contribution in [2.24, 2.45) is 5.92 Å². The predicted octanol–water partition coefficient (Wildman–Crippen LogP) is 5.49. The van der Waals surface area contributed by atoms with Crippen molar-refractivity contribution in [2.75, 3.05) is 49.1 Å². The molecule has 7 nitrogen and oxygen atoms in total. The van der Waals surface area contributed by atoms with E-state index in [4.69, 9.17) is 4.98 Å². The molecule has 0 N–H and O–H groups in total. The Balaban J connectivity index is 1.35. The second kappa shape index (κ2) is 12.0. The van der Waals surface area contributed by atoms with Crippen molar-refractivity contribution in [2.45, 2.75) is 77.8 Å². The fraction of sp³-hybridized carbons (Fsp3) is 0.633. The van der Waals surface area contributed by atoms with E-state index in [1.807, 2.05) is 27.0 Å². The molecule has 1 amide bonds. The Bertz CT molecular complexity index is 1100. The molecular weight excluding hydrogens is 479 g/mol. The molecule has 0 spiro atoms. The van der Waals surface area contributed by atoms with Crippen LogP contribution in [0.1, 0.15) is 76.1 Å². The summed E-state index contributed by atoms with van der Waals surface area (Å²) in [7, 11) is 0. The summed E-state index contributed by atoms with van der Waals surface area (Å²) in [5, 5.41) is 0. The van der Waals surface area contributed by atoms with Crippen LogP contribution >= 0.6 is 0 Å². The fourth-order valence-corrected chi connectivity index (χ4v) is 6.73. The number of anilines is 3. The molecule has 0 bridgehead atoms. The van der Waals surface area contributed by atoms with Crippen LogP contribution in [0.15, 0.2) is 30.7 Å². The number of nitrogens with zero attached hydrogens (tertiary/aromatic N) is 6. The molecule has 1 aromatic carbocycles. The number of hydrogen-bond donors (Lipinski definition) is 0. The quantitative estimate of drug-likeness (QED) is 0.479. The molecule has 2 aromatic rings. The van der Waals surface area contributed by atoms with E-state index >= 15 is 0 Å². The minimum absolute atomic E-state index is 0.0278. The molecular formula is C30H43FN6O. The lowest BCUT2D eigenvalue weighted by Crippen LogP contribution is -2.50. The van der Waals surface area contributed by atoms with Crippen LogP contribution in [0.3, 0.4) is 0 Å². The monoisotopic (exact) mass is 522 g/mol. The number of halogens is 1. The summed E-state index contributed by atoms with van der Waals surface area (Å²) in [5.74, 6) is 1.24. The van der Waals surface area contributed by atoms with Gasteiger partial charge in [-0.25, -0.2) is 14.4 Å². The zero-order valence-corrected chi connectivity index (χ0v) is 23.3. The molecule has 3 aliphatic rings. The minimum Gasteiger partial charge on any atom is -0.350 e. The molecule has 5 rings (SSSR count). The average molecular weight is 523 g/mol. The molecule has 0 radical (unpaired) electrons. The lowest BCUT2D eigenvalue weighted by molar-refractivity contribution is 0.0717. The number of fused-ring (bicyclic) bond motifs is 1. The van der Waals surface area contributed by atoms with E-state index in [0.717, 1.165) is 49.9 Å². The lowest BCUT2D eigenvalue weighted by atomic mass is 9.88. The van der Waals surface area contributed by atoms with Crippen molar-refractivity contribution in [1.29, 1.82) is 0 Å². The second-order valence-electron chi connectivity index (χ2n) is 11.5. The molecule has 206 valence electrons. The highest BCUT2D eigenvalue weighted by molar-refractivity contribution is 6.01. The first-order valence-electron chi connectivity index (χ1n) is 14.6. The molecule has 0 atom stereocenters. The maximum atomic E-state index is 14.4. The highest BCUT2D eigenvalue weighted by atomic mass is 19.1. The van der Waals surface area contributed by atoms with E-state index in [9.17, 15) is 9.18 Å². The molecule has 0 unspecified atom stereocenters. The second-order valence-corrected chi connectivity index (χ2v) is 11.5. The first-order valence-corrected chi connectivity index (χ1v) is 14.6. The van der Waals surface area contributed by atoms with E-state index < -0.39 is 5.82 Å². The molecule has 38 heavy (non-hydrogen) atoms. The van der Waals surface area contributed by atoms with Gasteiger partial charge in [-0.1, -0.05) is 19.3 Å². The van der Waals surface area contributed by atoms with Gasteiger partial charge in [0.2, 0.25) is 0 Å². The molecule has 1 aromatic heterocycles. The molecule has 1 saturated carbocycles. The van der Waals surface area contributed by atoms with Gasteiger partial charge >= 0.3 is 0 Å². The molecule has 8 heteroatoms. The summed E-state index contributed by atoms with van der Waals surface area (Å²) in [4.78, 5) is 31.6. The van der Waals surface area contributed by atoms with Crippen molar-refractivity contribution >= 4 is 23.1 Å². The summed E-state index contributed by atoms with van der Waals surface area (Å²) in [6, 6.07) is 5.02. The van der Waals surface area contributed by atoms with Crippen LogP contribution in [0.5, 0.6) is 0 Å². The van der Waals surface area contributed by atoms with Crippen molar-refractivity contribution in [1.82, 2.24) is 19.8 Å². The Kier molecular flexibility index (Phi) is 8.46. The Hall–Kier alpha value is -2.74. The van der Waals surface area contributed by atoms with Crippen molar-refractivity contribution in [3.05, 3.63) is 42.1 Å². The minimum atomic E-state index is -0.403. The van der Waals surface area contributed by atoms with Crippen LogP contribution in [-0.4, -0.2) is 77.0 Å². The van der Waals surface area contributed by atoms with Gasteiger partial charge in [0.25, 0.3) is 5.91 Å². The largest absolute Gasteiger partial charge is 0.350 e. The first-order chi connectivity index (χ1) is 18.5. The van der Waals surface area contributed by atoms with E-state index in [2.05, 4.69) is 19.7 Å². The van der Waals surface area contributed by atoms with E-state index in [1.54, 1.807) is 17.3 Å². The summed E-state index contributed by atoms with van der Waals surface area (Å²) >= 11 is 0. The summed E-state index contributed by atoms with van der Waals surface area (Å²) in [6.07, 6.45) is 12.7. The number of amides is 1. The summed E-state index contributed by atoms with van der Waals surface area (Å²) in [6.45, 7) is 11.5. The third-order valence-electron chi connectivity index (χ3n) is 8.74. The normalized spacial score (nSPS) is 19.6. The lowest BCUT2D eigenvalue weighted by Gasteiger charge is -2.45. The fourth-order valence-electron chi connectivity index (χ4n) is 6.73. The SMILES string of the molecule is CCN(C(=O)c1cc(F)ccc1N1CCN(C2CCN(CC3CCCCC3)CC2)c2ncncc21)C(C)C. The Morgan fingerprint density at radius 3 is 2.53 bits per heavy atom. The van der Waals surface area contributed by atoms with Crippen molar-refractivity contribution in [3.8, 4) is 0 Å². The van der Waals surface area contributed by atoms with Gasteiger partial charge in [0, 0.05) is 51.4 Å².